The van der Waals surface area contributed by atoms with Crippen molar-refractivity contribution in [3.8, 4) is 5.69 Å². The number of tetrazole rings is 1. The highest BCUT2D eigenvalue weighted by Gasteiger charge is 2.25. The van der Waals surface area contributed by atoms with Gasteiger partial charge in [0, 0.05) is 13.1 Å². The quantitative estimate of drug-likeness (QED) is 0.783. The average molecular weight is 347 g/mol. The van der Waals surface area contributed by atoms with Gasteiger partial charge < -0.3 is 9.64 Å². The molecule has 1 aliphatic rings. The largest absolute Gasteiger partial charge is 0.378 e. The van der Waals surface area contributed by atoms with E-state index in [0.29, 0.717) is 31.5 Å². The predicted molar refractivity (Wildman–Crippen MR) is 91.3 cm³/mol. The van der Waals surface area contributed by atoms with Crippen LogP contribution < -0.4 is 0 Å². The number of hydrogen-bond donors (Lipinski definition) is 0. The summed E-state index contributed by atoms with van der Waals surface area (Å²) >= 11 is 1.38. The zero-order chi connectivity index (χ0) is 17.1. The van der Waals surface area contributed by atoms with Gasteiger partial charge in [-0.2, -0.15) is 4.68 Å². The minimum Gasteiger partial charge on any atom is -0.378 e. The monoisotopic (exact) mass is 347 g/mol. The summed E-state index contributed by atoms with van der Waals surface area (Å²) in [6.07, 6.45) is 0. The summed E-state index contributed by atoms with van der Waals surface area (Å²) in [7, 11) is 0. The van der Waals surface area contributed by atoms with Crippen molar-refractivity contribution in [1.29, 1.82) is 0 Å². The van der Waals surface area contributed by atoms with Gasteiger partial charge in [0.2, 0.25) is 11.1 Å². The molecule has 2 aromatic rings. The first-order valence-corrected chi connectivity index (χ1v) is 8.83. The number of ether oxygens (including phenoxy) is 1. The van der Waals surface area contributed by atoms with E-state index in [-0.39, 0.29) is 11.2 Å². The lowest BCUT2D eigenvalue weighted by Gasteiger charge is -2.28. The second-order valence-corrected chi connectivity index (χ2v) is 7.15. The van der Waals surface area contributed by atoms with Crippen LogP contribution in [0.1, 0.15) is 18.1 Å². The first kappa shape index (κ1) is 16.9. The number of nitrogens with zero attached hydrogens (tertiary/aromatic N) is 5. The number of rotatable bonds is 4. The van der Waals surface area contributed by atoms with Gasteiger partial charge in [0.15, 0.2) is 0 Å². The van der Waals surface area contributed by atoms with Crippen molar-refractivity contribution in [3.05, 3.63) is 29.3 Å². The molecule has 1 aromatic heterocycles. The van der Waals surface area contributed by atoms with Crippen molar-refractivity contribution in [3.63, 3.8) is 0 Å². The van der Waals surface area contributed by atoms with Gasteiger partial charge in [0.25, 0.3) is 0 Å². The summed E-state index contributed by atoms with van der Waals surface area (Å²) in [4.78, 5) is 14.4. The Bertz CT molecular complexity index is 727. The molecule has 1 unspecified atom stereocenters. The van der Waals surface area contributed by atoms with Gasteiger partial charge in [0.05, 0.1) is 24.2 Å². The van der Waals surface area contributed by atoms with Gasteiger partial charge >= 0.3 is 0 Å². The minimum absolute atomic E-state index is 0.0953. The molecule has 2 heterocycles. The number of amides is 1. The van der Waals surface area contributed by atoms with E-state index in [9.17, 15) is 4.79 Å². The fourth-order valence-corrected chi connectivity index (χ4v) is 3.41. The van der Waals surface area contributed by atoms with Crippen LogP contribution in [-0.2, 0) is 9.53 Å². The lowest BCUT2D eigenvalue weighted by Crippen LogP contribution is -2.44. The highest BCUT2D eigenvalue weighted by molar-refractivity contribution is 8.00. The number of carbonyl (C=O) groups excluding carboxylic acids is 1. The first-order valence-electron chi connectivity index (χ1n) is 7.95. The van der Waals surface area contributed by atoms with Crippen LogP contribution >= 0.6 is 11.8 Å². The number of aromatic nitrogens is 4. The number of thioether (sulfide) groups is 1. The van der Waals surface area contributed by atoms with E-state index < -0.39 is 0 Å². The standard InChI is InChI=1S/C16H21N5O2S/c1-11-4-5-14(10-12(11)2)21-16(17-18-19-21)24-13(3)15(22)20-6-8-23-9-7-20/h4-5,10,13H,6-9H2,1-3H3. The second-order valence-electron chi connectivity index (χ2n) is 5.84. The molecule has 0 spiro atoms. The molecule has 128 valence electrons. The highest BCUT2D eigenvalue weighted by Crippen LogP contribution is 2.25. The number of benzene rings is 1. The molecule has 24 heavy (non-hydrogen) atoms. The Morgan fingerprint density at radius 2 is 2.00 bits per heavy atom. The van der Waals surface area contributed by atoms with Gasteiger partial charge in [-0.25, -0.2) is 0 Å². The van der Waals surface area contributed by atoms with E-state index in [1.807, 2.05) is 30.0 Å². The predicted octanol–water partition coefficient (Wildman–Crippen LogP) is 1.62. The van der Waals surface area contributed by atoms with Crippen molar-refractivity contribution >= 4 is 17.7 Å². The topological polar surface area (TPSA) is 73.1 Å². The van der Waals surface area contributed by atoms with Crippen molar-refractivity contribution in [2.24, 2.45) is 0 Å². The SMILES string of the molecule is Cc1ccc(-n2nnnc2SC(C)C(=O)N2CCOCC2)cc1C. The van der Waals surface area contributed by atoms with E-state index in [1.54, 1.807) is 4.68 Å². The molecular weight excluding hydrogens is 326 g/mol. The van der Waals surface area contributed by atoms with Gasteiger partial charge in [-0.05, 0) is 54.5 Å². The maximum Gasteiger partial charge on any atom is 0.236 e. The number of carbonyl (C=O) groups is 1. The average Bonchev–Trinajstić information content (AvgIpc) is 3.05. The molecule has 0 N–H and O–H groups in total. The van der Waals surface area contributed by atoms with Crippen LogP contribution in [0.2, 0.25) is 0 Å². The summed E-state index contributed by atoms with van der Waals surface area (Å²) in [5, 5.41) is 12.3. The molecule has 1 atom stereocenters. The summed E-state index contributed by atoms with van der Waals surface area (Å²) in [6.45, 7) is 8.50. The molecule has 1 aliphatic heterocycles. The molecule has 1 saturated heterocycles. The normalized spacial score (nSPS) is 16.2. The molecule has 0 aliphatic carbocycles. The molecule has 7 nitrogen and oxygen atoms in total. The van der Waals surface area contributed by atoms with Gasteiger partial charge in [-0.3, -0.25) is 4.79 Å². The van der Waals surface area contributed by atoms with Crippen LogP contribution in [0.15, 0.2) is 23.4 Å². The molecular formula is C16H21N5O2S. The summed E-state index contributed by atoms with van der Waals surface area (Å²) < 4.78 is 6.98. The van der Waals surface area contributed by atoms with Crippen LogP contribution in [0, 0.1) is 13.8 Å². The van der Waals surface area contributed by atoms with Crippen LogP contribution in [0.3, 0.4) is 0 Å². The third kappa shape index (κ3) is 3.59. The molecule has 8 heteroatoms. The third-order valence-corrected chi connectivity index (χ3v) is 5.15. The van der Waals surface area contributed by atoms with Crippen LogP contribution in [-0.4, -0.2) is 62.6 Å². The fraction of sp³-hybridized carbons (Fsp3) is 0.500. The number of hydrogen-bond acceptors (Lipinski definition) is 6. The number of morpholine rings is 1. The van der Waals surface area contributed by atoms with Crippen LogP contribution in [0.4, 0.5) is 0 Å². The van der Waals surface area contributed by atoms with Crippen molar-refractivity contribution in [2.45, 2.75) is 31.2 Å². The van der Waals surface area contributed by atoms with Gasteiger partial charge in [-0.1, -0.05) is 17.8 Å². The zero-order valence-electron chi connectivity index (χ0n) is 14.1. The van der Waals surface area contributed by atoms with E-state index in [4.69, 9.17) is 4.74 Å². The van der Waals surface area contributed by atoms with E-state index in [1.165, 1.54) is 22.9 Å². The van der Waals surface area contributed by atoms with E-state index >= 15 is 0 Å². The number of aryl methyl sites for hydroxylation is 2. The maximum absolute atomic E-state index is 12.5. The van der Waals surface area contributed by atoms with E-state index in [2.05, 4.69) is 29.4 Å². The lowest BCUT2D eigenvalue weighted by molar-refractivity contribution is -0.134. The lowest BCUT2D eigenvalue weighted by atomic mass is 10.1. The zero-order valence-corrected chi connectivity index (χ0v) is 14.9. The van der Waals surface area contributed by atoms with Crippen molar-refractivity contribution < 1.29 is 9.53 Å². The third-order valence-electron chi connectivity index (χ3n) is 4.13. The maximum atomic E-state index is 12.5. The molecule has 0 saturated carbocycles. The molecule has 1 aromatic carbocycles. The van der Waals surface area contributed by atoms with Gasteiger partial charge in [0.1, 0.15) is 0 Å². The van der Waals surface area contributed by atoms with Crippen LogP contribution in [0.25, 0.3) is 5.69 Å². The molecule has 1 amide bonds. The highest BCUT2D eigenvalue weighted by atomic mass is 32.2. The Morgan fingerprint density at radius 1 is 1.25 bits per heavy atom. The molecule has 1 fully saturated rings. The first-order chi connectivity index (χ1) is 11.6. The Kier molecular flexibility index (Phi) is 5.15. The smallest absolute Gasteiger partial charge is 0.236 e. The summed E-state index contributed by atoms with van der Waals surface area (Å²) in [6, 6.07) is 6.07. The van der Waals surface area contributed by atoms with E-state index in [0.717, 1.165) is 5.69 Å². The minimum atomic E-state index is -0.251. The summed E-state index contributed by atoms with van der Waals surface area (Å²) in [5.74, 6) is 0.0953. The fourth-order valence-electron chi connectivity index (χ4n) is 2.52. The molecule has 0 radical (unpaired) electrons. The Labute approximate surface area is 145 Å². The second kappa shape index (κ2) is 7.31. The van der Waals surface area contributed by atoms with Gasteiger partial charge in [-0.15, -0.1) is 5.10 Å². The van der Waals surface area contributed by atoms with Crippen molar-refractivity contribution in [2.75, 3.05) is 26.3 Å². The van der Waals surface area contributed by atoms with Crippen molar-refractivity contribution in [1.82, 2.24) is 25.1 Å². The van der Waals surface area contributed by atoms with Crippen LogP contribution in [0.5, 0.6) is 0 Å². The Hall–Kier alpha value is -1.93. The Morgan fingerprint density at radius 3 is 2.71 bits per heavy atom. The molecule has 3 rings (SSSR count). The summed E-state index contributed by atoms with van der Waals surface area (Å²) in [5.41, 5.74) is 3.30. The molecule has 0 bridgehead atoms. The Balaban J connectivity index is 1.75.